The number of nitrogens with two attached hydrogens (primary N) is 1. The highest BCUT2D eigenvalue weighted by atomic mass is 32.1. The number of hydrogen-bond donors (Lipinski definition) is 2. The topological polar surface area (TPSA) is 63.8 Å². The molecule has 0 aliphatic rings. The number of nitrogen functional groups attached to an aromatic ring is 1. The number of nitrogens with zero attached hydrogens (tertiary/aromatic N) is 2. The van der Waals surface area contributed by atoms with Crippen molar-refractivity contribution in [3.8, 4) is 0 Å². The summed E-state index contributed by atoms with van der Waals surface area (Å²) in [6.45, 7) is 3.00. The van der Waals surface area contributed by atoms with Crippen LogP contribution in [0.25, 0.3) is 0 Å². The van der Waals surface area contributed by atoms with E-state index in [0.29, 0.717) is 0 Å². The molecule has 0 amide bonds. The lowest BCUT2D eigenvalue weighted by Crippen LogP contribution is -2.04. The molecule has 2 rings (SSSR count). The Kier molecular flexibility index (Phi) is 4.52. The smallest absolute Gasteiger partial charge is 0.202 e. The summed E-state index contributed by atoms with van der Waals surface area (Å²) in [5.41, 5.74) is 7.72. The monoisotopic (exact) mass is 262 g/mol. The maximum Gasteiger partial charge on any atom is 0.202 e. The van der Waals surface area contributed by atoms with Gasteiger partial charge >= 0.3 is 0 Å². The van der Waals surface area contributed by atoms with Gasteiger partial charge in [0.05, 0.1) is 0 Å². The Morgan fingerprint density at radius 3 is 2.72 bits per heavy atom. The molecule has 0 saturated heterocycles. The molecule has 1 aromatic carbocycles. The molecule has 18 heavy (non-hydrogen) atoms. The molecule has 1 aromatic heterocycles. The fourth-order valence-corrected chi connectivity index (χ4v) is 2.29. The van der Waals surface area contributed by atoms with Crippen LogP contribution in [0.5, 0.6) is 0 Å². The van der Waals surface area contributed by atoms with Gasteiger partial charge in [-0.1, -0.05) is 19.1 Å². The van der Waals surface area contributed by atoms with E-state index in [-0.39, 0.29) is 0 Å². The normalized spacial score (nSPS) is 10.5. The average Bonchev–Trinajstić information content (AvgIpc) is 2.80. The largest absolute Gasteiger partial charge is 0.399 e. The Labute approximate surface area is 111 Å². The van der Waals surface area contributed by atoms with Crippen molar-refractivity contribution in [2.75, 3.05) is 17.6 Å². The van der Waals surface area contributed by atoms with Crippen LogP contribution in [-0.4, -0.2) is 15.9 Å². The van der Waals surface area contributed by atoms with Crippen LogP contribution in [-0.2, 0) is 12.8 Å². The molecule has 0 spiro atoms. The first-order chi connectivity index (χ1) is 8.78. The van der Waals surface area contributed by atoms with E-state index in [4.69, 9.17) is 5.73 Å². The first-order valence-corrected chi connectivity index (χ1v) is 6.96. The van der Waals surface area contributed by atoms with E-state index in [1.807, 2.05) is 12.1 Å². The summed E-state index contributed by atoms with van der Waals surface area (Å²) >= 11 is 1.43. The van der Waals surface area contributed by atoms with Crippen molar-refractivity contribution < 1.29 is 0 Å². The minimum Gasteiger partial charge on any atom is -0.399 e. The summed E-state index contributed by atoms with van der Waals surface area (Å²) in [5, 5.41) is 4.21. The highest BCUT2D eigenvalue weighted by molar-refractivity contribution is 7.09. The summed E-state index contributed by atoms with van der Waals surface area (Å²) in [4.78, 5) is 4.42. The van der Waals surface area contributed by atoms with E-state index >= 15 is 0 Å². The number of aryl methyl sites for hydroxylation is 1. The summed E-state index contributed by atoms with van der Waals surface area (Å²) in [5.74, 6) is 0.942. The molecule has 0 unspecified atom stereocenters. The zero-order valence-corrected chi connectivity index (χ0v) is 11.3. The van der Waals surface area contributed by atoms with Crippen LogP contribution in [0.1, 0.15) is 24.7 Å². The number of anilines is 2. The van der Waals surface area contributed by atoms with Crippen LogP contribution in [0, 0.1) is 0 Å². The lowest BCUT2D eigenvalue weighted by molar-refractivity contribution is 0.860. The fourth-order valence-electron chi connectivity index (χ4n) is 1.65. The third-order valence-corrected chi connectivity index (χ3v) is 3.32. The molecule has 0 radical (unpaired) electrons. The molecule has 0 atom stereocenters. The van der Waals surface area contributed by atoms with Crippen molar-refractivity contribution in [2.24, 2.45) is 0 Å². The van der Waals surface area contributed by atoms with Crippen molar-refractivity contribution in [2.45, 2.75) is 26.2 Å². The third-order valence-electron chi connectivity index (χ3n) is 2.61. The Balaban J connectivity index is 1.79. The van der Waals surface area contributed by atoms with Gasteiger partial charge in [0, 0.05) is 30.2 Å². The summed E-state index contributed by atoms with van der Waals surface area (Å²) < 4.78 is 4.29. The molecule has 0 fully saturated rings. The summed E-state index contributed by atoms with van der Waals surface area (Å²) in [7, 11) is 0. The number of benzene rings is 1. The zero-order chi connectivity index (χ0) is 12.8. The van der Waals surface area contributed by atoms with Crippen molar-refractivity contribution >= 4 is 22.4 Å². The lowest BCUT2D eigenvalue weighted by Gasteiger charge is -2.02. The Hall–Kier alpha value is -1.62. The number of aromatic nitrogens is 2. The van der Waals surface area contributed by atoms with E-state index in [9.17, 15) is 0 Å². The van der Waals surface area contributed by atoms with Gasteiger partial charge in [-0.15, -0.1) is 0 Å². The molecule has 1 heterocycles. The van der Waals surface area contributed by atoms with Gasteiger partial charge < -0.3 is 11.1 Å². The Bertz CT molecular complexity index is 478. The number of rotatable bonds is 6. The van der Waals surface area contributed by atoms with E-state index in [0.717, 1.165) is 42.5 Å². The van der Waals surface area contributed by atoms with Crippen molar-refractivity contribution in [3.63, 3.8) is 0 Å². The molecule has 3 N–H and O–H groups in total. The third kappa shape index (κ3) is 3.70. The first kappa shape index (κ1) is 12.8. The van der Waals surface area contributed by atoms with Gasteiger partial charge in [-0.05, 0) is 30.5 Å². The SMILES string of the molecule is CCCc1nsc(NCCc2ccc(N)cc2)n1. The quantitative estimate of drug-likeness (QED) is 0.786. The van der Waals surface area contributed by atoms with Gasteiger partial charge in [0.15, 0.2) is 0 Å². The Morgan fingerprint density at radius 2 is 2.00 bits per heavy atom. The van der Waals surface area contributed by atoms with Gasteiger partial charge in [-0.2, -0.15) is 4.37 Å². The van der Waals surface area contributed by atoms with Crippen LogP contribution in [0.3, 0.4) is 0 Å². The van der Waals surface area contributed by atoms with Crippen LogP contribution in [0.4, 0.5) is 10.8 Å². The zero-order valence-electron chi connectivity index (χ0n) is 10.5. The highest BCUT2D eigenvalue weighted by Gasteiger charge is 2.02. The molecule has 96 valence electrons. The van der Waals surface area contributed by atoms with Crippen molar-refractivity contribution in [3.05, 3.63) is 35.7 Å². The van der Waals surface area contributed by atoms with Gasteiger partial charge in [-0.25, -0.2) is 4.98 Å². The summed E-state index contributed by atoms with van der Waals surface area (Å²) in [6.07, 6.45) is 3.00. The van der Waals surface area contributed by atoms with Crippen LogP contribution in [0.2, 0.25) is 0 Å². The minimum absolute atomic E-state index is 0.806. The molecule has 4 nitrogen and oxygen atoms in total. The number of nitrogens with one attached hydrogen (secondary N) is 1. The standard InChI is InChI=1S/C13H18N4S/c1-2-3-12-16-13(18-17-12)15-9-8-10-4-6-11(14)7-5-10/h4-7H,2-3,8-9,14H2,1H3,(H,15,16,17). The number of hydrogen-bond acceptors (Lipinski definition) is 5. The predicted molar refractivity (Wildman–Crippen MR) is 77.0 cm³/mol. The molecule has 0 aliphatic carbocycles. The second-order valence-corrected chi connectivity index (χ2v) is 4.94. The van der Waals surface area contributed by atoms with Gasteiger partial charge in [-0.3, -0.25) is 0 Å². The van der Waals surface area contributed by atoms with Crippen molar-refractivity contribution in [1.29, 1.82) is 0 Å². The fraction of sp³-hybridized carbons (Fsp3) is 0.385. The van der Waals surface area contributed by atoms with E-state index in [2.05, 4.69) is 33.7 Å². The molecule has 0 saturated carbocycles. The molecular weight excluding hydrogens is 244 g/mol. The molecule has 5 heteroatoms. The molecule has 2 aromatic rings. The second-order valence-electron chi connectivity index (χ2n) is 4.18. The van der Waals surface area contributed by atoms with Gasteiger partial charge in [0.2, 0.25) is 5.13 Å². The highest BCUT2D eigenvalue weighted by Crippen LogP contribution is 2.12. The maximum atomic E-state index is 5.65. The van der Waals surface area contributed by atoms with E-state index < -0.39 is 0 Å². The second kappa shape index (κ2) is 6.35. The molecule has 0 bridgehead atoms. The van der Waals surface area contributed by atoms with Crippen LogP contribution in [0.15, 0.2) is 24.3 Å². The van der Waals surface area contributed by atoms with Crippen molar-refractivity contribution in [1.82, 2.24) is 9.36 Å². The van der Waals surface area contributed by atoms with Gasteiger partial charge in [0.25, 0.3) is 0 Å². The first-order valence-electron chi connectivity index (χ1n) is 6.19. The lowest BCUT2D eigenvalue weighted by atomic mass is 10.1. The van der Waals surface area contributed by atoms with E-state index in [1.165, 1.54) is 17.1 Å². The minimum atomic E-state index is 0.806. The van der Waals surface area contributed by atoms with Crippen LogP contribution >= 0.6 is 11.5 Å². The maximum absolute atomic E-state index is 5.65. The van der Waals surface area contributed by atoms with Gasteiger partial charge in [0.1, 0.15) is 5.82 Å². The average molecular weight is 262 g/mol. The summed E-state index contributed by atoms with van der Waals surface area (Å²) in [6, 6.07) is 7.97. The molecular formula is C13H18N4S. The van der Waals surface area contributed by atoms with Crippen LogP contribution < -0.4 is 11.1 Å². The molecule has 0 aliphatic heterocycles. The van der Waals surface area contributed by atoms with E-state index in [1.54, 1.807) is 0 Å². The predicted octanol–water partition coefficient (Wildman–Crippen LogP) is 2.73. The Morgan fingerprint density at radius 1 is 1.22 bits per heavy atom.